The molecule has 1 aromatic rings. The molecule has 1 aliphatic rings. The van der Waals surface area contributed by atoms with Crippen LogP contribution in [0.15, 0.2) is 11.4 Å². The van der Waals surface area contributed by atoms with Gasteiger partial charge in [-0.1, -0.05) is 0 Å². The molecule has 5 heteroatoms. The first-order chi connectivity index (χ1) is 7.61. The molecule has 0 unspecified atom stereocenters. The first kappa shape index (κ1) is 11.6. The van der Waals surface area contributed by atoms with Gasteiger partial charge in [0.2, 0.25) is 0 Å². The molecule has 2 heterocycles. The fourth-order valence-electron chi connectivity index (χ4n) is 1.95. The number of carbonyl (C=O) groups excluding carboxylic acids is 1. The summed E-state index contributed by atoms with van der Waals surface area (Å²) in [7, 11) is 1.75. The number of aliphatic hydroxyl groups excluding tert-OH is 1. The van der Waals surface area contributed by atoms with Crippen molar-refractivity contribution in [3.63, 3.8) is 0 Å². The Balaban J connectivity index is 2.13. The van der Waals surface area contributed by atoms with E-state index in [4.69, 9.17) is 0 Å². The van der Waals surface area contributed by atoms with Gasteiger partial charge in [-0.25, -0.2) is 0 Å². The average Bonchev–Trinajstić information content (AvgIpc) is 2.85. The van der Waals surface area contributed by atoms with Crippen LogP contribution in [0.3, 0.4) is 0 Å². The first-order valence-electron chi connectivity index (χ1n) is 5.31. The number of nitrogens with one attached hydrogen (secondary N) is 1. The lowest BCUT2D eigenvalue weighted by atomic mass is 10.1. The van der Waals surface area contributed by atoms with Gasteiger partial charge >= 0.3 is 0 Å². The average molecular weight is 240 g/mol. The Labute approximate surface area is 98.9 Å². The molecule has 2 rings (SSSR count). The van der Waals surface area contributed by atoms with E-state index in [-0.39, 0.29) is 11.9 Å². The zero-order valence-electron chi connectivity index (χ0n) is 9.43. The molecule has 0 aliphatic carbocycles. The number of β-amino-alcohol motifs (C(OH)–C–C–N with tert-alkyl or cyclic N) is 1. The second kappa shape index (κ2) is 4.53. The fraction of sp³-hybridized carbons (Fsp3) is 0.545. The largest absolute Gasteiger partial charge is 0.390 e. The summed E-state index contributed by atoms with van der Waals surface area (Å²) in [6.07, 6.45) is -0.464. The summed E-state index contributed by atoms with van der Waals surface area (Å²) in [5.74, 6) is 0.000231. The lowest BCUT2D eigenvalue weighted by Crippen LogP contribution is -2.44. The Hall–Kier alpha value is -0.910. The van der Waals surface area contributed by atoms with Crippen LogP contribution in [0.25, 0.3) is 0 Å². The molecule has 0 radical (unpaired) electrons. The van der Waals surface area contributed by atoms with E-state index in [1.807, 2.05) is 18.4 Å². The predicted octanol–water partition coefficient (Wildman–Crippen LogP) is 0.461. The number of likely N-dealkylation sites (N-methyl/N-ethyl adjacent to an activating group) is 1. The lowest BCUT2D eigenvalue weighted by Gasteiger charge is -2.26. The normalized spacial score (nSPS) is 24.7. The number of carbonyl (C=O) groups is 1. The van der Waals surface area contributed by atoms with Crippen molar-refractivity contribution < 1.29 is 9.90 Å². The van der Waals surface area contributed by atoms with Gasteiger partial charge in [-0.15, -0.1) is 11.3 Å². The maximum absolute atomic E-state index is 12.2. The van der Waals surface area contributed by atoms with Gasteiger partial charge in [-0.2, -0.15) is 0 Å². The predicted molar refractivity (Wildman–Crippen MR) is 63.8 cm³/mol. The molecule has 2 N–H and O–H groups in total. The molecule has 1 fully saturated rings. The minimum absolute atomic E-state index is 0.000231. The van der Waals surface area contributed by atoms with Gasteiger partial charge in [-0.05, 0) is 23.9 Å². The molecule has 0 spiro atoms. The summed E-state index contributed by atoms with van der Waals surface area (Å²) in [5.41, 5.74) is 1.00. The van der Waals surface area contributed by atoms with E-state index in [0.29, 0.717) is 13.1 Å². The lowest BCUT2D eigenvalue weighted by molar-refractivity contribution is 0.0585. The highest BCUT2D eigenvalue weighted by molar-refractivity contribution is 7.12. The number of thiophene rings is 1. The van der Waals surface area contributed by atoms with Gasteiger partial charge < -0.3 is 15.3 Å². The summed E-state index contributed by atoms with van der Waals surface area (Å²) in [6, 6.07) is 1.82. The van der Waals surface area contributed by atoms with Crippen molar-refractivity contribution in [1.82, 2.24) is 10.2 Å². The van der Waals surface area contributed by atoms with E-state index in [1.165, 1.54) is 11.3 Å². The third-order valence-corrected chi connectivity index (χ3v) is 4.03. The quantitative estimate of drug-likeness (QED) is 0.789. The Morgan fingerprint density at radius 3 is 2.88 bits per heavy atom. The number of aliphatic hydroxyl groups is 1. The summed E-state index contributed by atoms with van der Waals surface area (Å²) in [4.78, 5) is 14.6. The molecule has 1 amide bonds. The van der Waals surface area contributed by atoms with Crippen molar-refractivity contribution >= 4 is 17.2 Å². The number of hydrogen-bond donors (Lipinski definition) is 2. The minimum Gasteiger partial charge on any atom is -0.390 e. The van der Waals surface area contributed by atoms with Crippen molar-refractivity contribution in [3.05, 3.63) is 21.9 Å². The van der Waals surface area contributed by atoms with Crippen LogP contribution < -0.4 is 5.32 Å². The van der Waals surface area contributed by atoms with E-state index < -0.39 is 6.10 Å². The van der Waals surface area contributed by atoms with Crippen LogP contribution in [0.2, 0.25) is 0 Å². The van der Waals surface area contributed by atoms with Crippen LogP contribution in [0.4, 0.5) is 0 Å². The van der Waals surface area contributed by atoms with Crippen molar-refractivity contribution in [2.45, 2.75) is 19.1 Å². The highest BCUT2D eigenvalue weighted by Crippen LogP contribution is 2.19. The highest BCUT2D eigenvalue weighted by Gasteiger charge is 2.32. The standard InChI is InChI=1S/C11H16N2O2S/c1-7-3-4-16-10(7)11(15)13(2)8-5-12-6-9(8)14/h3-4,8-9,12,14H,5-6H2,1-2H3/t8-,9-/m0/s1. The minimum atomic E-state index is -0.464. The van der Waals surface area contributed by atoms with Crippen LogP contribution in [-0.2, 0) is 0 Å². The van der Waals surface area contributed by atoms with Gasteiger partial charge in [-0.3, -0.25) is 4.79 Å². The molecule has 16 heavy (non-hydrogen) atoms. The Bertz CT molecular complexity index is 391. The maximum Gasteiger partial charge on any atom is 0.264 e. The Kier molecular flexibility index (Phi) is 3.28. The van der Waals surface area contributed by atoms with E-state index in [0.717, 1.165) is 10.4 Å². The summed E-state index contributed by atoms with van der Waals surface area (Å²) in [6.45, 7) is 3.15. The molecule has 1 aromatic heterocycles. The molecule has 0 saturated carbocycles. The van der Waals surface area contributed by atoms with Crippen LogP contribution in [0.5, 0.6) is 0 Å². The fourth-order valence-corrected chi connectivity index (χ4v) is 2.86. The van der Waals surface area contributed by atoms with Gasteiger partial charge in [0, 0.05) is 20.1 Å². The van der Waals surface area contributed by atoms with Gasteiger partial charge in [0.15, 0.2) is 0 Å². The van der Waals surface area contributed by atoms with Crippen LogP contribution in [0, 0.1) is 6.92 Å². The van der Waals surface area contributed by atoms with Crippen molar-refractivity contribution in [2.75, 3.05) is 20.1 Å². The number of rotatable bonds is 2. The maximum atomic E-state index is 12.2. The summed E-state index contributed by atoms with van der Waals surface area (Å²) >= 11 is 1.45. The summed E-state index contributed by atoms with van der Waals surface area (Å²) < 4.78 is 0. The molecule has 0 aromatic carbocycles. The number of aryl methyl sites for hydroxylation is 1. The third kappa shape index (κ3) is 1.98. The monoisotopic (exact) mass is 240 g/mol. The second-order valence-corrected chi connectivity index (χ2v) is 5.06. The number of nitrogens with zero attached hydrogens (tertiary/aromatic N) is 1. The van der Waals surface area contributed by atoms with E-state index in [1.54, 1.807) is 11.9 Å². The molecule has 1 aliphatic heterocycles. The van der Waals surface area contributed by atoms with Crippen LogP contribution >= 0.6 is 11.3 Å². The number of amides is 1. The summed E-state index contributed by atoms with van der Waals surface area (Å²) in [5, 5.41) is 14.7. The van der Waals surface area contributed by atoms with E-state index >= 15 is 0 Å². The molecule has 88 valence electrons. The zero-order chi connectivity index (χ0) is 11.7. The van der Waals surface area contributed by atoms with Crippen molar-refractivity contribution in [3.8, 4) is 0 Å². The molecule has 1 saturated heterocycles. The van der Waals surface area contributed by atoms with Crippen molar-refractivity contribution in [2.24, 2.45) is 0 Å². The molecule has 2 atom stereocenters. The van der Waals surface area contributed by atoms with E-state index in [9.17, 15) is 9.90 Å². The molecule has 0 bridgehead atoms. The molecule has 4 nitrogen and oxygen atoms in total. The van der Waals surface area contributed by atoms with Crippen molar-refractivity contribution in [1.29, 1.82) is 0 Å². The molecular formula is C11H16N2O2S. The topological polar surface area (TPSA) is 52.6 Å². The first-order valence-corrected chi connectivity index (χ1v) is 6.19. The third-order valence-electron chi connectivity index (χ3n) is 3.03. The zero-order valence-corrected chi connectivity index (χ0v) is 10.3. The van der Waals surface area contributed by atoms with Gasteiger partial charge in [0.1, 0.15) is 0 Å². The van der Waals surface area contributed by atoms with Gasteiger partial charge in [0.25, 0.3) is 5.91 Å². The Morgan fingerprint density at radius 2 is 2.38 bits per heavy atom. The SMILES string of the molecule is Cc1ccsc1C(=O)N(C)[C@H]1CNC[C@@H]1O. The molecular weight excluding hydrogens is 224 g/mol. The smallest absolute Gasteiger partial charge is 0.264 e. The second-order valence-electron chi connectivity index (χ2n) is 4.14. The Morgan fingerprint density at radius 1 is 1.62 bits per heavy atom. The van der Waals surface area contributed by atoms with Crippen LogP contribution in [0.1, 0.15) is 15.2 Å². The van der Waals surface area contributed by atoms with Gasteiger partial charge in [0.05, 0.1) is 17.0 Å². The number of hydrogen-bond acceptors (Lipinski definition) is 4. The highest BCUT2D eigenvalue weighted by atomic mass is 32.1. The van der Waals surface area contributed by atoms with E-state index in [2.05, 4.69) is 5.32 Å². The van der Waals surface area contributed by atoms with Crippen LogP contribution in [-0.4, -0.2) is 48.2 Å².